The van der Waals surface area contributed by atoms with Crippen molar-refractivity contribution >= 4 is 5.82 Å². The summed E-state index contributed by atoms with van der Waals surface area (Å²) in [4.78, 5) is 7.84. The van der Waals surface area contributed by atoms with Gasteiger partial charge in [0.25, 0.3) is 0 Å². The second kappa shape index (κ2) is 3.98. The van der Waals surface area contributed by atoms with E-state index in [1.54, 1.807) is 10.9 Å². The number of nitriles is 1. The quantitative estimate of drug-likeness (QED) is 0.798. The number of hydrogen-bond acceptors (Lipinski definition) is 5. The maximum absolute atomic E-state index is 8.99. The van der Waals surface area contributed by atoms with Crippen LogP contribution in [0.2, 0.25) is 0 Å². The van der Waals surface area contributed by atoms with Gasteiger partial charge >= 0.3 is 0 Å². The van der Waals surface area contributed by atoms with Crippen LogP contribution >= 0.6 is 0 Å². The topological polar surface area (TPSA) is 93.4 Å². The maximum atomic E-state index is 8.99. The summed E-state index contributed by atoms with van der Waals surface area (Å²) in [5.41, 5.74) is 7.19. The molecule has 0 aliphatic rings. The SMILES string of the molecule is CCn1cc(-c2ncnc(N)c2C#N)cn1. The molecule has 0 aliphatic carbocycles. The van der Waals surface area contributed by atoms with Gasteiger partial charge in [-0.2, -0.15) is 10.4 Å². The molecule has 2 heterocycles. The van der Waals surface area contributed by atoms with E-state index in [4.69, 9.17) is 11.0 Å². The molecule has 0 spiro atoms. The minimum atomic E-state index is 0.191. The zero-order valence-corrected chi connectivity index (χ0v) is 8.75. The first kappa shape index (κ1) is 10.1. The summed E-state index contributed by atoms with van der Waals surface area (Å²) in [6, 6.07) is 2.00. The van der Waals surface area contributed by atoms with Crippen LogP contribution in [0.3, 0.4) is 0 Å². The van der Waals surface area contributed by atoms with Crippen LogP contribution in [0.1, 0.15) is 12.5 Å². The van der Waals surface area contributed by atoms with Gasteiger partial charge in [-0.3, -0.25) is 4.68 Å². The van der Waals surface area contributed by atoms with Crippen molar-refractivity contribution in [2.45, 2.75) is 13.5 Å². The smallest absolute Gasteiger partial charge is 0.145 e. The largest absolute Gasteiger partial charge is 0.382 e. The normalized spacial score (nSPS) is 10.0. The van der Waals surface area contributed by atoms with Crippen molar-refractivity contribution in [2.24, 2.45) is 0 Å². The van der Waals surface area contributed by atoms with E-state index in [-0.39, 0.29) is 11.4 Å². The van der Waals surface area contributed by atoms with Gasteiger partial charge in [0.05, 0.1) is 11.9 Å². The lowest BCUT2D eigenvalue weighted by Gasteiger charge is -2.01. The zero-order chi connectivity index (χ0) is 11.5. The number of aryl methyl sites for hydroxylation is 1. The molecule has 2 aromatic rings. The van der Waals surface area contributed by atoms with Gasteiger partial charge in [-0.15, -0.1) is 0 Å². The molecule has 2 N–H and O–H groups in total. The number of nitrogens with two attached hydrogens (primary N) is 1. The number of nitrogen functional groups attached to an aromatic ring is 1. The highest BCUT2D eigenvalue weighted by Crippen LogP contribution is 2.22. The molecular weight excluding hydrogens is 204 g/mol. The van der Waals surface area contributed by atoms with E-state index in [1.165, 1.54) is 6.33 Å². The van der Waals surface area contributed by atoms with Gasteiger partial charge in [-0.05, 0) is 6.92 Å². The molecule has 0 aromatic carbocycles. The number of aromatic nitrogens is 4. The predicted octanol–water partition coefficient (Wildman–Crippen LogP) is 0.814. The Labute approximate surface area is 92.4 Å². The molecular formula is C10H10N6. The van der Waals surface area contributed by atoms with Gasteiger partial charge in [0, 0.05) is 18.3 Å². The Kier molecular flexibility index (Phi) is 2.52. The molecule has 6 nitrogen and oxygen atoms in total. The molecule has 2 aromatic heterocycles. The number of hydrogen-bond donors (Lipinski definition) is 1. The first-order valence-corrected chi connectivity index (χ1v) is 4.79. The van der Waals surface area contributed by atoms with E-state index in [2.05, 4.69) is 15.1 Å². The van der Waals surface area contributed by atoms with E-state index in [0.717, 1.165) is 12.1 Å². The highest BCUT2D eigenvalue weighted by atomic mass is 15.3. The monoisotopic (exact) mass is 214 g/mol. The third-order valence-corrected chi connectivity index (χ3v) is 2.22. The molecule has 6 heteroatoms. The average Bonchev–Trinajstić information content (AvgIpc) is 2.77. The van der Waals surface area contributed by atoms with Gasteiger partial charge < -0.3 is 5.73 Å². The molecule has 0 saturated carbocycles. The standard InChI is InChI=1S/C10H10N6/c1-2-16-5-7(4-15-16)9-8(3-11)10(12)14-6-13-9/h4-6H,2H2,1H3,(H2,12,13,14). The van der Waals surface area contributed by atoms with Gasteiger partial charge in [-0.1, -0.05) is 0 Å². The van der Waals surface area contributed by atoms with E-state index < -0.39 is 0 Å². The van der Waals surface area contributed by atoms with Crippen LogP contribution in [0.15, 0.2) is 18.7 Å². The molecule has 0 unspecified atom stereocenters. The molecule has 0 atom stereocenters. The summed E-state index contributed by atoms with van der Waals surface area (Å²) in [7, 11) is 0. The zero-order valence-electron chi connectivity index (χ0n) is 8.75. The second-order valence-electron chi connectivity index (χ2n) is 3.18. The van der Waals surface area contributed by atoms with Crippen molar-refractivity contribution in [1.29, 1.82) is 5.26 Å². The number of rotatable bonds is 2. The first-order valence-electron chi connectivity index (χ1n) is 4.79. The van der Waals surface area contributed by atoms with Crippen molar-refractivity contribution in [3.8, 4) is 17.3 Å². The molecule has 0 aliphatic heterocycles. The summed E-state index contributed by atoms with van der Waals surface area (Å²) in [6.45, 7) is 2.75. The second-order valence-corrected chi connectivity index (χ2v) is 3.18. The Morgan fingerprint density at radius 3 is 2.94 bits per heavy atom. The van der Waals surface area contributed by atoms with Gasteiger partial charge in [-0.25, -0.2) is 9.97 Å². The Morgan fingerprint density at radius 1 is 1.50 bits per heavy atom. The van der Waals surface area contributed by atoms with Crippen LogP contribution in [0.5, 0.6) is 0 Å². The lowest BCUT2D eigenvalue weighted by molar-refractivity contribution is 0.660. The van der Waals surface area contributed by atoms with Crippen LogP contribution < -0.4 is 5.73 Å². The molecule has 0 fully saturated rings. The third-order valence-electron chi connectivity index (χ3n) is 2.22. The van der Waals surface area contributed by atoms with Crippen molar-refractivity contribution in [1.82, 2.24) is 19.7 Å². The Morgan fingerprint density at radius 2 is 2.31 bits per heavy atom. The Bertz CT molecular complexity index is 551. The van der Waals surface area contributed by atoms with E-state index in [0.29, 0.717) is 5.69 Å². The fourth-order valence-corrected chi connectivity index (χ4v) is 1.39. The average molecular weight is 214 g/mol. The molecule has 0 radical (unpaired) electrons. The van der Waals surface area contributed by atoms with Crippen LogP contribution in [0.25, 0.3) is 11.3 Å². The summed E-state index contributed by atoms with van der Waals surface area (Å²) >= 11 is 0. The lowest BCUT2D eigenvalue weighted by Crippen LogP contribution is -1.99. The predicted molar refractivity (Wildman–Crippen MR) is 58.1 cm³/mol. The van der Waals surface area contributed by atoms with Crippen molar-refractivity contribution in [2.75, 3.05) is 5.73 Å². The fourth-order valence-electron chi connectivity index (χ4n) is 1.39. The van der Waals surface area contributed by atoms with Crippen molar-refractivity contribution in [3.05, 3.63) is 24.3 Å². The molecule has 16 heavy (non-hydrogen) atoms. The number of anilines is 1. The minimum absolute atomic E-state index is 0.191. The van der Waals surface area contributed by atoms with E-state index in [1.807, 2.05) is 19.2 Å². The highest BCUT2D eigenvalue weighted by Gasteiger charge is 2.12. The van der Waals surface area contributed by atoms with Crippen molar-refractivity contribution < 1.29 is 0 Å². The molecule has 0 amide bonds. The van der Waals surface area contributed by atoms with Crippen LogP contribution in [0.4, 0.5) is 5.82 Å². The lowest BCUT2D eigenvalue weighted by atomic mass is 10.1. The first-order chi connectivity index (χ1) is 7.76. The molecule has 2 rings (SSSR count). The van der Waals surface area contributed by atoms with Crippen LogP contribution in [0, 0.1) is 11.3 Å². The molecule has 0 saturated heterocycles. The van der Waals surface area contributed by atoms with Crippen molar-refractivity contribution in [3.63, 3.8) is 0 Å². The molecule has 0 bridgehead atoms. The Hall–Kier alpha value is -2.42. The van der Waals surface area contributed by atoms with Gasteiger partial charge in [0.15, 0.2) is 0 Å². The van der Waals surface area contributed by atoms with Gasteiger partial charge in [0.2, 0.25) is 0 Å². The molecule has 80 valence electrons. The third kappa shape index (κ3) is 1.59. The van der Waals surface area contributed by atoms with Crippen LogP contribution in [-0.4, -0.2) is 19.7 Å². The summed E-state index contributed by atoms with van der Waals surface area (Å²) in [5, 5.41) is 13.1. The minimum Gasteiger partial charge on any atom is -0.382 e. The number of nitrogens with zero attached hydrogens (tertiary/aromatic N) is 5. The van der Waals surface area contributed by atoms with Gasteiger partial charge in [0.1, 0.15) is 23.8 Å². The van der Waals surface area contributed by atoms with Crippen LogP contribution in [-0.2, 0) is 6.54 Å². The summed E-state index contributed by atoms with van der Waals surface area (Å²) < 4.78 is 1.76. The van der Waals surface area contributed by atoms with E-state index >= 15 is 0 Å². The Balaban J connectivity index is 2.56. The fraction of sp³-hybridized carbons (Fsp3) is 0.200. The summed E-state index contributed by atoms with van der Waals surface area (Å²) in [6.07, 6.45) is 4.82. The summed E-state index contributed by atoms with van der Waals surface area (Å²) in [5.74, 6) is 0.191. The highest BCUT2D eigenvalue weighted by molar-refractivity contribution is 5.70. The maximum Gasteiger partial charge on any atom is 0.145 e. The van der Waals surface area contributed by atoms with E-state index in [9.17, 15) is 0 Å².